The Morgan fingerprint density at radius 3 is 2.55 bits per heavy atom. The maximum atomic E-state index is 4.94. The third-order valence-corrected chi connectivity index (χ3v) is 9.06. The van der Waals surface area contributed by atoms with Crippen molar-refractivity contribution in [3.8, 4) is 0 Å². The molecule has 0 saturated carbocycles. The summed E-state index contributed by atoms with van der Waals surface area (Å²) >= 11 is 1.58. The molecule has 8 rings (SSSR count). The summed E-state index contributed by atoms with van der Waals surface area (Å²) in [5, 5.41) is 0. The van der Waals surface area contributed by atoms with Crippen molar-refractivity contribution >= 4 is 45.1 Å². The fraction of sp³-hybridized carbons (Fsp3) is 0.194. The summed E-state index contributed by atoms with van der Waals surface area (Å²) in [6, 6.07) is 28.2. The van der Waals surface area contributed by atoms with E-state index in [0.717, 1.165) is 65.1 Å². The first-order chi connectivity index (χ1) is 18.8. The van der Waals surface area contributed by atoms with Gasteiger partial charge in [-0.05, 0) is 72.3 Å². The number of nitrogens with one attached hydrogen (secondary N) is 1. The van der Waals surface area contributed by atoms with Crippen molar-refractivity contribution in [2.24, 2.45) is 0 Å². The Labute approximate surface area is 224 Å². The third kappa shape index (κ3) is 3.02. The molecular formula is C31H26N6S. The second-order valence-corrected chi connectivity index (χ2v) is 10.9. The van der Waals surface area contributed by atoms with E-state index in [4.69, 9.17) is 9.36 Å². The van der Waals surface area contributed by atoms with Gasteiger partial charge in [0.1, 0.15) is 21.7 Å². The zero-order valence-electron chi connectivity index (χ0n) is 20.8. The van der Waals surface area contributed by atoms with Crippen LogP contribution in [0.15, 0.2) is 91.3 Å². The maximum Gasteiger partial charge on any atom is 0.180 e. The average molecular weight is 515 g/mol. The summed E-state index contributed by atoms with van der Waals surface area (Å²) < 4.78 is 4.94. The molecular weight excluding hydrogens is 488 g/mol. The van der Waals surface area contributed by atoms with Gasteiger partial charge in [-0.15, -0.1) is 0 Å². The highest BCUT2D eigenvalue weighted by atomic mass is 32.1. The number of para-hydroxylation sites is 1. The first-order valence-electron chi connectivity index (χ1n) is 13.2. The molecule has 0 bridgehead atoms. The monoisotopic (exact) mass is 514 g/mol. The molecule has 0 aliphatic carbocycles. The van der Waals surface area contributed by atoms with E-state index in [-0.39, 0.29) is 0 Å². The molecule has 0 amide bonds. The number of aromatic nitrogens is 4. The van der Waals surface area contributed by atoms with E-state index in [9.17, 15) is 0 Å². The van der Waals surface area contributed by atoms with E-state index in [1.165, 1.54) is 22.4 Å². The van der Waals surface area contributed by atoms with Gasteiger partial charge < -0.3 is 14.8 Å². The van der Waals surface area contributed by atoms with Crippen LogP contribution in [0.2, 0.25) is 0 Å². The minimum Gasteiger partial charge on any atom is -0.340 e. The lowest BCUT2D eigenvalue weighted by Crippen LogP contribution is -2.63. The first-order valence-corrected chi connectivity index (χ1v) is 14.0. The maximum absolute atomic E-state index is 4.94. The molecule has 1 unspecified atom stereocenters. The molecule has 2 aliphatic heterocycles. The molecule has 1 N–H and O–H groups in total. The van der Waals surface area contributed by atoms with Crippen LogP contribution < -0.4 is 9.80 Å². The Hall–Kier alpha value is -4.23. The van der Waals surface area contributed by atoms with Crippen LogP contribution in [0.3, 0.4) is 0 Å². The number of hydrogen-bond donors (Lipinski definition) is 1. The normalized spacial score (nSPS) is 19.1. The van der Waals surface area contributed by atoms with Gasteiger partial charge in [-0.1, -0.05) is 42.5 Å². The zero-order valence-corrected chi connectivity index (χ0v) is 21.7. The number of nitrogens with zero attached hydrogens (tertiary/aromatic N) is 5. The quantitative estimate of drug-likeness (QED) is 0.301. The van der Waals surface area contributed by atoms with Crippen molar-refractivity contribution in [1.82, 2.24) is 19.3 Å². The molecule has 186 valence electrons. The molecule has 6 aromatic rings. The number of fused-ring (bicyclic) bond motifs is 4. The summed E-state index contributed by atoms with van der Waals surface area (Å²) in [6.45, 7) is 1.79. The van der Waals surface area contributed by atoms with Crippen molar-refractivity contribution in [2.75, 3.05) is 22.9 Å². The van der Waals surface area contributed by atoms with Gasteiger partial charge in [-0.2, -0.15) is 4.37 Å². The Morgan fingerprint density at radius 1 is 0.763 bits per heavy atom. The average Bonchev–Trinajstić information content (AvgIpc) is 3.61. The molecule has 0 spiro atoms. The van der Waals surface area contributed by atoms with Gasteiger partial charge in [0.2, 0.25) is 0 Å². The molecule has 2 aliphatic rings. The number of H-pyrrole nitrogens is 1. The zero-order chi connectivity index (χ0) is 25.1. The van der Waals surface area contributed by atoms with Gasteiger partial charge in [0.25, 0.3) is 0 Å². The van der Waals surface area contributed by atoms with Crippen LogP contribution in [0, 0.1) is 0 Å². The Kier molecular flexibility index (Phi) is 4.82. The van der Waals surface area contributed by atoms with Gasteiger partial charge in [0.05, 0.1) is 11.0 Å². The number of aromatic amines is 1. The summed E-state index contributed by atoms with van der Waals surface area (Å²) in [5.41, 5.74) is 8.65. The summed E-state index contributed by atoms with van der Waals surface area (Å²) in [6.07, 6.45) is 6.89. The van der Waals surface area contributed by atoms with Crippen molar-refractivity contribution in [2.45, 2.75) is 24.9 Å². The van der Waals surface area contributed by atoms with Crippen LogP contribution in [-0.4, -0.2) is 32.4 Å². The van der Waals surface area contributed by atoms with Crippen LogP contribution in [0.4, 0.5) is 11.5 Å². The van der Waals surface area contributed by atoms with E-state index in [1.807, 2.05) is 24.5 Å². The van der Waals surface area contributed by atoms with Crippen molar-refractivity contribution < 1.29 is 0 Å². The number of anilines is 2. The molecule has 1 atom stereocenters. The van der Waals surface area contributed by atoms with E-state index in [1.54, 1.807) is 11.5 Å². The smallest absolute Gasteiger partial charge is 0.180 e. The lowest BCUT2D eigenvalue weighted by atomic mass is 9.82. The van der Waals surface area contributed by atoms with E-state index < -0.39 is 5.66 Å². The predicted octanol–water partition coefficient (Wildman–Crippen LogP) is 6.28. The lowest BCUT2D eigenvalue weighted by Gasteiger charge is -2.56. The van der Waals surface area contributed by atoms with Gasteiger partial charge in [-0.25, -0.2) is 0 Å². The molecule has 6 heterocycles. The van der Waals surface area contributed by atoms with E-state index in [0.29, 0.717) is 0 Å². The fourth-order valence-corrected chi connectivity index (χ4v) is 7.58. The number of benzene rings is 2. The van der Waals surface area contributed by atoms with Crippen molar-refractivity contribution in [3.05, 3.63) is 113 Å². The SMILES string of the molecule is c1ccc2c(c1)CCCN2C1(c2snc3cccnc23)c2ccccc2CCN1c1cc2ncccc2[nH]1. The predicted molar refractivity (Wildman–Crippen MR) is 154 cm³/mol. The van der Waals surface area contributed by atoms with E-state index in [2.05, 4.69) is 86.5 Å². The summed E-state index contributed by atoms with van der Waals surface area (Å²) in [5.74, 6) is 1.06. The Morgan fingerprint density at radius 2 is 1.61 bits per heavy atom. The molecule has 0 fully saturated rings. The Bertz CT molecular complexity index is 1770. The first kappa shape index (κ1) is 21.8. The highest BCUT2D eigenvalue weighted by Gasteiger charge is 2.53. The Balaban J connectivity index is 1.50. The highest BCUT2D eigenvalue weighted by molar-refractivity contribution is 7.07. The molecule has 0 radical (unpaired) electrons. The molecule has 0 saturated heterocycles. The fourth-order valence-electron chi connectivity index (χ4n) is 6.54. The molecule has 6 nitrogen and oxygen atoms in total. The van der Waals surface area contributed by atoms with Gasteiger partial charge in [0.15, 0.2) is 5.66 Å². The summed E-state index contributed by atoms with van der Waals surface area (Å²) in [4.78, 5) is 19.7. The standard InChI is InChI=1S/C31H26N6S/c1-3-11-23-21(8-1)15-19-37(28-20-26-24(34-28)12-5-16-32-26)31(23,30-29-25(35-38-30)13-6-17-33-29)36-18-7-10-22-9-2-4-14-27(22)36/h1-6,8-9,11-14,16-17,20,34H,7,10,15,18-19H2. The van der Waals surface area contributed by atoms with E-state index >= 15 is 0 Å². The number of hydrogen-bond acceptors (Lipinski definition) is 6. The summed E-state index contributed by atoms with van der Waals surface area (Å²) in [7, 11) is 0. The van der Waals surface area contributed by atoms with Crippen LogP contribution in [0.1, 0.15) is 28.0 Å². The second-order valence-electron chi connectivity index (χ2n) is 10.1. The molecule has 4 aromatic heterocycles. The van der Waals surface area contributed by atoms with Gasteiger partial charge in [0, 0.05) is 42.8 Å². The lowest BCUT2D eigenvalue weighted by molar-refractivity contribution is 0.415. The molecule has 38 heavy (non-hydrogen) atoms. The largest absolute Gasteiger partial charge is 0.340 e. The number of rotatable bonds is 3. The van der Waals surface area contributed by atoms with Crippen molar-refractivity contribution in [1.29, 1.82) is 0 Å². The molecule has 2 aromatic carbocycles. The van der Waals surface area contributed by atoms with Crippen LogP contribution >= 0.6 is 11.5 Å². The third-order valence-electron chi connectivity index (χ3n) is 8.11. The second kappa shape index (κ2) is 8.39. The van der Waals surface area contributed by atoms with Crippen molar-refractivity contribution in [3.63, 3.8) is 0 Å². The van der Waals surface area contributed by atoms with Crippen LogP contribution in [0.5, 0.6) is 0 Å². The van der Waals surface area contributed by atoms with Crippen LogP contribution in [-0.2, 0) is 18.5 Å². The van der Waals surface area contributed by atoms with Gasteiger partial charge in [-0.3, -0.25) is 9.97 Å². The van der Waals surface area contributed by atoms with Crippen LogP contribution in [0.25, 0.3) is 22.1 Å². The number of aryl methyl sites for hydroxylation is 1. The topological polar surface area (TPSA) is 60.9 Å². The highest BCUT2D eigenvalue weighted by Crippen LogP contribution is 2.52. The minimum atomic E-state index is -0.625. The minimum absolute atomic E-state index is 0.625. The number of pyridine rings is 2. The molecule has 7 heteroatoms. The van der Waals surface area contributed by atoms with Gasteiger partial charge >= 0.3 is 0 Å².